The Labute approximate surface area is 68.2 Å². The van der Waals surface area contributed by atoms with Crippen molar-refractivity contribution in [2.75, 3.05) is 0 Å². The molecular formula is C9H18O2. The molecule has 0 heterocycles. The van der Waals surface area contributed by atoms with Crippen LogP contribution in [0, 0.1) is 5.92 Å². The highest BCUT2D eigenvalue weighted by molar-refractivity contribution is 4.92. The summed E-state index contributed by atoms with van der Waals surface area (Å²) in [6, 6.07) is 0. The summed E-state index contributed by atoms with van der Waals surface area (Å²) in [5, 5.41) is 19.5. The van der Waals surface area contributed by atoms with Crippen LogP contribution in [0.3, 0.4) is 0 Å². The fourth-order valence-electron chi connectivity index (χ4n) is 1.84. The zero-order chi connectivity index (χ0) is 8.48. The van der Waals surface area contributed by atoms with Crippen molar-refractivity contribution in [2.24, 2.45) is 5.92 Å². The third kappa shape index (κ3) is 1.57. The lowest BCUT2D eigenvalue weighted by atomic mass is 9.75. The van der Waals surface area contributed by atoms with Crippen LogP contribution in [-0.4, -0.2) is 21.9 Å². The minimum Gasteiger partial charge on any atom is -0.390 e. The first-order valence-corrected chi connectivity index (χ1v) is 4.48. The molecule has 0 spiro atoms. The first-order chi connectivity index (χ1) is 5.07. The molecule has 1 rings (SSSR count). The summed E-state index contributed by atoms with van der Waals surface area (Å²) in [6.07, 6.45) is 3.11. The average molecular weight is 158 g/mol. The number of aliphatic hydroxyl groups excluding tert-OH is 1. The van der Waals surface area contributed by atoms with E-state index < -0.39 is 11.7 Å². The molecule has 1 saturated carbocycles. The van der Waals surface area contributed by atoms with Gasteiger partial charge >= 0.3 is 0 Å². The van der Waals surface area contributed by atoms with Gasteiger partial charge in [-0.2, -0.15) is 0 Å². The molecule has 2 heteroatoms. The van der Waals surface area contributed by atoms with Gasteiger partial charge in [0.05, 0.1) is 11.7 Å². The van der Waals surface area contributed by atoms with E-state index >= 15 is 0 Å². The van der Waals surface area contributed by atoms with Crippen molar-refractivity contribution in [3.05, 3.63) is 0 Å². The number of aliphatic hydroxyl groups is 2. The van der Waals surface area contributed by atoms with Gasteiger partial charge < -0.3 is 10.2 Å². The quantitative estimate of drug-likeness (QED) is 0.604. The molecule has 1 aliphatic carbocycles. The van der Waals surface area contributed by atoms with Gasteiger partial charge in [0.25, 0.3) is 0 Å². The molecule has 0 unspecified atom stereocenters. The van der Waals surface area contributed by atoms with Crippen LogP contribution in [0.4, 0.5) is 0 Å². The lowest BCUT2D eigenvalue weighted by molar-refractivity contribution is -0.128. The van der Waals surface area contributed by atoms with Crippen molar-refractivity contribution in [3.8, 4) is 0 Å². The van der Waals surface area contributed by atoms with E-state index in [0.717, 1.165) is 25.7 Å². The first-order valence-electron chi connectivity index (χ1n) is 4.48. The lowest BCUT2D eigenvalue weighted by Crippen LogP contribution is -2.48. The maximum Gasteiger partial charge on any atom is 0.0928 e. The Balaban J connectivity index is 2.64. The summed E-state index contributed by atoms with van der Waals surface area (Å²) in [5.74, 6) is 0.165. The van der Waals surface area contributed by atoms with Crippen LogP contribution in [-0.2, 0) is 0 Å². The molecule has 0 radical (unpaired) electrons. The summed E-state index contributed by atoms with van der Waals surface area (Å²) in [5.41, 5.74) is -0.807. The molecular weight excluding hydrogens is 140 g/mol. The van der Waals surface area contributed by atoms with Gasteiger partial charge in [-0.3, -0.25) is 0 Å². The number of hydrogen-bond acceptors (Lipinski definition) is 2. The van der Waals surface area contributed by atoms with Crippen molar-refractivity contribution < 1.29 is 10.2 Å². The molecule has 1 aliphatic rings. The molecule has 2 nitrogen and oxygen atoms in total. The van der Waals surface area contributed by atoms with Gasteiger partial charge in [-0.25, -0.2) is 0 Å². The molecule has 0 amide bonds. The van der Waals surface area contributed by atoms with E-state index in [9.17, 15) is 10.2 Å². The van der Waals surface area contributed by atoms with E-state index in [1.807, 2.05) is 13.8 Å². The summed E-state index contributed by atoms with van der Waals surface area (Å²) in [6.45, 7) is 3.93. The molecule has 0 saturated heterocycles. The molecule has 1 fully saturated rings. The van der Waals surface area contributed by atoms with Crippen LogP contribution < -0.4 is 0 Å². The van der Waals surface area contributed by atoms with E-state index in [-0.39, 0.29) is 5.92 Å². The Morgan fingerprint density at radius 1 is 1.36 bits per heavy atom. The molecule has 0 bridgehead atoms. The molecule has 2 atom stereocenters. The fraction of sp³-hybridized carbons (Fsp3) is 1.00. The smallest absolute Gasteiger partial charge is 0.0928 e. The SMILES string of the molecule is CC(C)[C@]1(O)CCCC[C@H]1O. The summed E-state index contributed by atoms with van der Waals surface area (Å²) in [4.78, 5) is 0. The van der Waals surface area contributed by atoms with Crippen molar-refractivity contribution in [3.63, 3.8) is 0 Å². The predicted molar refractivity (Wildman–Crippen MR) is 44.3 cm³/mol. The maximum absolute atomic E-state index is 9.97. The molecule has 2 N–H and O–H groups in total. The van der Waals surface area contributed by atoms with E-state index in [1.165, 1.54) is 0 Å². The van der Waals surface area contributed by atoms with E-state index in [1.54, 1.807) is 0 Å². The maximum atomic E-state index is 9.97. The largest absolute Gasteiger partial charge is 0.390 e. The zero-order valence-corrected chi connectivity index (χ0v) is 7.38. The molecule has 11 heavy (non-hydrogen) atoms. The van der Waals surface area contributed by atoms with Crippen molar-refractivity contribution in [2.45, 2.75) is 51.2 Å². The van der Waals surface area contributed by atoms with Crippen LogP contribution >= 0.6 is 0 Å². The van der Waals surface area contributed by atoms with E-state index in [0.29, 0.717) is 0 Å². The zero-order valence-electron chi connectivity index (χ0n) is 7.38. The first kappa shape index (κ1) is 9.01. The predicted octanol–water partition coefficient (Wildman–Crippen LogP) is 1.31. The second kappa shape index (κ2) is 3.11. The van der Waals surface area contributed by atoms with Crippen molar-refractivity contribution >= 4 is 0 Å². The standard InChI is InChI=1S/C9H18O2/c1-7(2)9(11)6-4-3-5-8(9)10/h7-8,10-11H,3-6H2,1-2H3/t8-,9-/m1/s1. The van der Waals surface area contributed by atoms with Crippen molar-refractivity contribution in [1.29, 1.82) is 0 Å². The Hall–Kier alpha value is -0.0800. The molecule has 0 aromatic carbocycles. The van der Waals surface area contributed by atoms with E-state index in [4.69, 9.17) is 0 Å². The van der Waals surface area contributed by atoms with Crippen LogP contribution in [0.25, 0.3) is 0 Å². The summed E-state index contributed by atoms with van der Waals surface area (Å²) >= 11 is 0. The molecule has 66 valence electrons. The van der Waals surface area contributed by atoms with Crippen LogP contribution in [0.5, 0.6) is 0 Å². The fourth-order valence-corrected chi connectivity index (χ4v) is 1.84. The summed E-state index contributed by atoms with van der Waals surface area (Å²) in [7, 11) is 0. The van der Waals surface area contributed by atoms with Crippen molar-refractivity contribution in [1.82, 2.24) is 0 Å². The minimum absolute atomic E-state index is 0.165. The second-order valence-corrected chi connectivity index (χ2v) is 3.91. The Morgan fingerprint density at radius 2 is 2.00 bits per heavy atom. The topological polar surface area (TPSA) is 40.5 Å². The lowest BCUT2D eigenvalue weighted by Gasteiger charge is -2.40. The average Bonchev–Trinajstić information content (AvgIpc) is 1.95. The number of rotatable bonds is 1. The highest BCUT2D eigenvalue weighted by Gasteiger charge is 2.40. The van der Waals surface area contributed by atoms with Gasteiger partial charge in [0, 0.05) is 0 Å². The van der Waals surface area contributed by atoms with Crippen LogP contribution in [0.15, 0.2) is 0 Å². The molecule has 0 aliphatic heterocycles. The highest BCUT2D eigenvalue weighted by atomic mass is 16.3. The van der Waals surface area contributed by atoms with Gasteiger partial charge in [-0.05, 0) is 18.8 Å². The molecule has 0 aromatic rings. The molecule has 0 aromatic heterocycles. The summed E-state index contributed by atoms with van der Waals surface area (Å²) < 4.78 is 0. The third-order valence-electron chi connectivity index (χ3n) is 2.88. The van der Waals surface area contributed by atoms with Gasteiger partial charge in [-0.1, -0.05) is 26.7 Å². The second-order valence-electron chi connectivity index (χ2n) is 3.91. The Morgan fingerprint density at radius 3 is 2.36 bits per heavy atom. The van der Waals surface area contributed by atoms with Gasteiger partial charge in [0.2, 0.25) is 0 Å². The van der Waals surface area contributed by atoms with Crippen LogP contribution in [0.2, 0.25) is 0 Å². The number of hydrogen-bond donors (Lipinski definition) is 2. The van der Waals surface area contributed by atoms with Gasteiger partial charge in [-0.15, -0.1) is 0 Å². The monoisotopic (exact) mass is 158 g/mol. The Bertz CT molecular complexity index is 134. The third-order valence-corrected chi connectivity index (χ3v) is 2.88. The Kier molecular flexibility index (Phi) is 2.55. The van der Waals surface area contributed by atoms with Crippen LogP contribution in [0.1, 0.15) is 39.5 Å². The van der Waals surface area contributed by atoms with E-state index in [2.05, 4.69) is 0 Å². The normalized spacial score (nSPS) is 39.5. The van der Waals surface area contributed by atoms with Gasteiger partial charge in [0.1, 0.15) is 0 Å². The minimum atomic E-state index is -0.807. The van der Waals surface area contributed by atoms with Gasteiger partial charge in [0.15, 0.2) is 0 Å². The highest BCUT2D eigenvalue weighted by Crippen LogP contribution is 2.34.